The zero-order chi connectivity index (χ0) is 15.7. The number of benzene rings is 1. The summed E-state index contributed by atoms with van der Waals surface area (Å²) in [6.07, 6.45) is 2.33. The summed E-state index contributed by atoms with van der Waals surface area (Å²) in [7, 11) is 2.21. The van der Waals surface area contributed by atoms with Gasteiger partial charge in [-0.15, -0.1) is 0 Å². The molecule has 1 rings (SSSR count). The Bertz CT molecular complexity index is 377. The van der Waals surface area contributed by atoms with Crippen molar-refractivity contribution in [3.05, 3.63) is 29.8 Å². The Hall–Kier alpha value is -1.06. The number of ether oxygens (including phenoxy) is 1. The maximum atomic E-state index is 5.53. The quantitative estimate of drug-likeness (QED) is 0.709. The Balaban J connectivity index is 2.75. The van der Waals surface area contributed by atoms with E-state index in [1.165, 1.54) is 12.0 Å². The topological polar surface area (TPSA) is 24.5 Å². The normalized spacial score (nSPS) is 14.2. The van der Waals surface area contributed by atoms with Crippen LogP contribution in [0, 0.1) is 0 Å². The summed E-state index contributed by atoms with van der Waals surface area (Å²) in [6.45, 7) is 11.5. The van der Waals surface area contributed by atoms with Crippen LogP contribution in [0.5, 0.6) is 5.75 Å². The summed E-state index contributed by atoms with van der Waals surface area (Å²) >= 11 is 0. The molecule has 0 spiro atoms. The molecule has 3 nitrogen and oxygen atoms in total. The first-order valence-electron chi connectivity index (χ1n) is 8.28. The van der Waals surface area contributed by atoms with Crippen LogP contribution in [0.25, 0.3) is 0 Å². The molecule has 2 atom stereocenters. The highest BCUT2D eigenvalue weighted by Gasteiger charge is 2.16. The molecule has 3 heteroatoms. The van der Waals surface area contributed by atoms with E-state index in [1.54, 1.807) is 0 Å². The standard InChI is InChI=1S/C18H32N2O/c1-6-13-19-18(14-20(5)15(4)7-2)16-9-11-17(12-10-16)21-8-3/h9-12,15,18-19H,6-8,13-14H2,1-5H3. The monoisotopic (exact) mass is 292 g/mol. The van der Waals surface area contributed by atoms with Gasteiger partial charge in [0.05, 0.1) is 6.61 Å². The second kappa shape index (κ2) is 9.80. The highest BCUT2D eigenvalue weighted by molar-refractivity contribution is 5.29. The van der Waals surface area contributed by atoms with E-state index < -0.39 is 0 Å². The van der Waals surface area contributed by atoms with E-state index in [9.17, 15) is 0 Å². The lowest BCUT2D eigenvalue weighted by molar-refractivity contribution is 0.224. The van der Waals surface area contributed by atoms with Gasteiger partial charge in [0.1, 0.15) is 5.75 Å². The number of likely N-dealkylation sites (N-methyl/N-ethyl adjacent to an activating group) is 1. The lowest BCUT2D eigenvalue weighted by Gasteiger charge is -2.29. The molecule has 2 unspecified atom stereocenters. The van der Waals surface area contributed by atoms with E-state index in [4.69, 9.17) is 4.74 Å². The van der Waals surface area contributed by atoms with Gasteiger partial charge in [-0.1, -0.05) is 26.0 Å². The highest BCUT2D eigenvalue weighted by Crippen LogP contribution is 2.19. The van der Waals surface area contributed by atoms with Crippen molar-refractivity contribution in [1.29, 1.82) is 0 Å². The van der Waals surface area contributed by atoms with Gasteiger partial charge >= 0.3 is 0 Å². The van der Waals surface area contributed by atoms with Gasteiger partial charge in [0, 0.05) is 18.6 Å². The van der Waals surface area contributed by atoms with Gasteiger partial charge in [0.2, 0.25) is 0 Å². The Morgan fingerprint density at radius 1 is 1.14 bits per heavy atom. The van der Waals surface area contributed by atoms with Crippen LogP contribution < -0.4 is 10.1 Å². The lowest BCUT2D eigenvalue weighted by Crippen LogP contribution is -2.37. The van der Waals surface area contributed by atoms with E-state index in [0.717, 1.165) is 25.3 Å². The van der Waals surface area contributed by atoms with E-state index in [2.05, 4.69) is 62.3 Å². The first-order chi connectivity index (χ1) is 10.1. The highest BCUT2D eigenvalue weighted by atomic mass is 16.5. The fourth-order valence-corrected chi connectivity index (χ4v) is 2.35. The Morgan fingerprint density at radius 3 is 2.33 bits per heavy atom. The Morgan fingerprint density at radius 2 is 1.81 bits per heavy atom. The number of hydrogen-bond acceptors (Lipinski definition) is 3. The molecule has 0 amide bonds. The zero-order valence-electron chi connectivity index (χ0n) is 14.4. The molecule has 120 valence electrons. The van der Waals surface area contributed by atoms with Gasteiger partial charge in [-0.05, 0) is 58.0 Å². The predicted molar refractivity (Wildman–Crippen MR) is 91.0 cm³/mol. The van der Waals surface area contributed by atoms with Crippen molar-refractivity contribution < 1.29 is 4.74 Å². The Labute approximate surface area is 130 Å². The molecular formula is C18H32N2O. The molecule has 0 saturated carbocycles. The zero-order valence-corrected chi connectivity index (χ0v) is 14.4. The number of nitrogens with one attached hydrogen (secondary N) is 1. The summed E-state index contributed by atoms with van der Waals surface area (Å²) in [5.74, 6) is 0.950. The van der Waals surface area contributed by atoms with Crippen LogP contribution in [0.15, 0.2) is 24.3 Å². The van der Waals surface area contributed by atoms with Gasteiger partial charge in [0.15, 0.2) is 0 Å². The molecule has 0 aliphatic heterocycles. The molecule has 0 aliphatic carbocycles. The maximum absolute atomic E-state index is 5.53. The second-order valence-corrected chi connectivity index (χ2v) is 5.71. The third-order valence-electron chi connectivity index (χ3n) is 4.05. The third-order valence-corrected chi connectivity index (χ3v) is 4.05. The van der Waals surface area contributed by atoms with Crippen LogP contribution in [-0.4, -0.2) is 37.7 Å². The molecule has 0 heterocycles. The van der Waals surface area contributed by atoms with Crippen molar-refractivity contribution in [3.8, 4) is 5.75 Å². The molecule has 0 bridgehead atoms. The van der Waals surface area contributed by atoms with Crippen LogP contribution in [0.1, 0.15) is 52.1 Å². The third kappa shape index (κ3) is 6.06. The van der Waals surface area contributed by atoms with E-state index in [1.807, 2.05) is 6.92 Å². The van der Waals surface area contributed by atoms with Gasteiger partial charge in [-0.25, -0.2) is 0 Å². The SMILES string of the molecule is CCCNC(CN(C)C(C)CC)c1ccc(OCC)cc1. The van der Waals surface area contributed by atoms with Crippen molar-refractivity contribution in [2.45, 2.75) is 52.6 Å². The first kappa shape index (κ1) is 18.0. The summed E-state index contributed by atoms with van der Waals surface area (Å²) in [5.41, 5.74) is 1.34. The second-order valence-electron chi connectivity index (χ2n) is 5.71. The van der Waals surface area contributed by atoms with E-state index >= 15 is 0 Å². The van der Waals surface area contributed by atoms with Crippen molar-refractivity contribution in [2.24, 2.45) is 0 Å². The summed E-state index contributed by atoms with van der Waals surface area (Å²) in [5, 5.41) is 3.66. The minimum Gasteiger partial charge on any atom is -0.494 e. The average molecular weight is 292 g/mol. The van der Waals surface area contributed by atoms with Gasteiger partial charge in [0.25, 0.3) is 0 Å². The fourth-order valence-electron chi connectivity index (χ4n) is 2.35. The smallest absolute Gasteiger partial charge is 0.119 e. The molecule has 0 radical (unpaired) electrons. The molecule has 0 saturated heterocycles. The minimum absolute atomic E-state index is 0.375. The van der Waals surface area contributed by atoms with E-state index in [0.29, 0.717) is 18.7 Å². The van der Waals surface area contributed by atoms with Crippen LogP contribution in [0.4, 0.5) is 0 Å². The minimum atomic E-state index is 0.375. The number of rotatable bonds is 10. The summed E-state index contributed by atoms with van der Waals surface area (Å²) < 4.78 is 5.53. The van der Waals surface area contributed by atoms with Crippen LogP contribution in [0.3, 0.4) is 0 Å². The summed E-state index contributed by atoms with van der Waals surface area (Å²) in [6, 6.07) is 9.50. The molecule has 1 aromatic rings. The first-order valence-corrected chi connectivity index (χ1v) is 8.28. The predicted octanol–water partition coefficient (Wildman–Crippen LogP) is 3.86. The molecule has 0 aromatic heterocycles. The van der Waals surface area contributed by atoms with Gasteiger partial charge < -0.3 is 15.0 Å². The number of hydrogen-bond donors (Lipinski definition) is 1. The van der Waals surface area contributed by atoms with Crippen molar-refractivity contribution in [1.82, 2.24) is 10.2 Å². The Kier molecular flexibility index (Phi) is 8.40. The average Bonchev–Trinajstić information content (AvgIpc) is 2.51. The van der Waals surface area contributed by atoms with Crippen molar-refractivity contribution in [2.75, 3.05) is 26.7 Å². The molecule has 1 N–H and O–H groups in total. The summed E-state index contributed by atoms with van der Waals surface area (Å²) in [4.78, 5) is 2.43. The van der Waals surface area contributed by atoms with Crippen LogP contribution in [-0.2, 0) is 0 Å². The fraction of sp³-hybridized carbons (Fsp3) is 0.667. The molecule has 0 fully saturated rings. The number of nitrogens with zero attached hydrogens (tertiary/aromatic N) is 1. The maximum Gasteiger partial charge on any atom is 0.119 e. The lowest BCUT2D eigenvalue weighted by atomic mass is 10.0. The molecule has 1 aromatic carbocycles. The van der Waals surface area contributed by atoms with Crippen LogP contribution >= 0.6 is 0 Å². The molecular weight excluding hydrogens is 260 g/mol. The van der Waals surface area contributed by atoms with Crippen molar-refractivity contribution in [3.63, 3.8) is 0 Å². The van der Waals surface area contributed by atoms with Crippen LogP contribution in [0.2, 0.25) is 0 Å². The van der Waals surface area contributed by atoms with Gasteiger partial charge in [-0.2, -0.15) is 0 Å². The molecule has 21 heavy (non-hydrogen) atoms. The van der Waals surface area contributed by atoms with E-state index in [-0.39, 0.29) is 0 Å². The van der Waals surface area contributed by atoms with Gasteiger partial charge in [-0.3, -0.25) is 0 Å². The largest absolute Gasteiger partial charge is 0.494 e. The van der Waals surface area contributed by atoms with Crippen molar-refractivity contribution >= 4 is 0 Å². The molecule has 0 aliphatic rings.